The molecule has 2 rings (SSSR count). The summed E-state index contributed by atoms with van der Waals surface area (Å²) in [5, 5.41) is 2.46. The molecule has 1 aliphatic heterocycles. The van der Waals surface area contributed by atoms with E-state index in [9.17, 15) is 9.59 Å². The first-order valence-corrected chi connectivity index (χ1v) is 5.37. The molecule has 17 heavy (non-hydrogen) atoms. The highest BCUT2D eigenvalue weighted by molar-refractivity contribution is 5.86. The van der Waals surface area contributed by atoms with Gasteiger partial charge in [0.05, 0.1) is 13.2 Å². The van der Waals surface area contributed by atoms with Crippen LogP contribution in [0, 0.1) is 0 Å². The van der Waals surface area contributed by atoms with E-state index < -0.39 is 0 Å². The number of aromatic nitrogens is 2. The molecule has 0 aromatic carbocycles. The smallest absolute Gasteiger partial charge is 0.254 e. The predicted octanol–water partition coefficient (Wildman–Crippen LogP) is -0.435. The molecule has 1 saturated heterocycles. The number of H-pyrrole nitrogens is 1. The summed E-state index contributed by atoms with van der Waals surface area (Å²) in [6.45, 7) is 3.97. The fourth-order valence-electron chi connectivity index (χ4n) is 1.63. The van der Waals surface area contributed by atoms with Gasteiger partial charge in [-0.1, -0.05) is 0 Å². The number of nitrogens with zero attached hydrogens (tertiary/aromatic N) is 2. The Hall–Kier alpha value is -1.89. The fraction of sp³-hybridized carbons (Fsp3) is 0.500. The fourth-order valence-corrected chi connectivity index (χ4v) is 1.63. The summed E-state index contributed by atoms with van der Waals surface area (Å²) in [6.07, 6.45) is 0. The Morgan fingerprint density at radius 1 is 1.53 bits per heavy atom. The summed E-state index contributed by atoms with van der Waals surface area (Å²) in [7, 11) is 0. The second kappa shape index (κ2) is 4.96. The maximum Gasteiger partial charge on any atom is 0.254 e. The molecule has 1 aromatic heterocycles. The highest BCUT2D eigenvalue weighted by Gasteiger charge is 2.14. The van der Waals surface area contributed by atoms with Crippen molar-refractivity contribution in [1.82, 2.24) is 9.97 Å². The first kappa shape index (κ1) is 11.6. The standard InChI is InChI=1S/C10H14N4O3/c1-7(15)11-10-12-8(6-9(16)13-10)14-2-4-17-5-3-14/h6H,2-5H2,1H3,(H2,11,12,13,15,16). The number of hydrogen-bond acceptors (Lipinski definition) is 5. The zero-order valence-corrected chi connectivity index (χ0v) is 9.52. The number of aromatic amines is 1. The Bertz CT molecular complexity index is 465. The lowest BCUT2D eigenvalue weighted by Gasteiger charge is -2.27. The van der Waals surface area contributed by atoms with E-state index in [2.05, 4.69) is 15.3 Å². The Morgan fingerprint density at radius 2 is 2.24 bits per heavy atom. The van der Waals surface area contributed by atoms with Crippen LogP contribution < -0.4 is 15.8 Å². The molecule has 92 valence electrons. The summed E-state index contributed by atoms with van der Waals surface area (Å²) in [5.74, 6) is 0.458. The summed E-state index contributed by atoms with van der Waals surface area (Å²) in [5.41, 5.74) is -0.287. The maximum absolute atomic E-state index is 11.4. The molecule has 1 aliphatic rings. The molecule has 7 nitrogen and oxygen atoms in total. The summed E-state index contributed by atoms with van der Waals surface area (Å²) < 4.78 is 5.22. The molecule has 1 amide bonds. The van der Waals surface area contributed by atoms with E-state index in [1.54, 1.807) is 0 Å². The van der Waals surface area contributed by atoms with Gasteiger partial charge >= 0.3 is 0 Å². The van der Waals surface area contributed by atoms with Crippen LogP contribution in [0.3, 0.4) is 0 Å². The quantitative estimate of drug-likeness (QED) is 0.729. The van der Waals surface area contributed by atoms with Crippen molar-refractivity contribution in [2.24, 2.45) is 0 Å². The zero-order chi connectivity index (χ0) is 12.3. The van der Waals surface area contributed by atoms with Crippen molar-refractivity contribution in [1.29, 1.82) is 0 Å². The van der Waals surface area contributed by atoms with Gasteiger partial charge in [-0.2, -0.15) is 4.98 Å². The third-order valence-electron chi connectivity index (χ3n) is 2.36. The van der Waals surface area contributed by atoms with E-state index in [1.165, 1.54) is 13.0 Å². The van der Waals surface area contributed by atoms with E-state index >= 15 is 0 Å². The molecule has 0 unspecified atom stereocenters. The van der Waals surface area contributed by atoms with Crippen LogP contribution in [0.5, 0.6) is 0 Å². The van der Waals surface area contributed by atoms with Crippen LogP contribution >= 0.6 is 0 Å². The number of anilines is 2. The molecule has 0 saturated carbocycles. The predicted molar refractivity (Wildman–Crippen MR) is 62.2 cm³/mol. The first-order valence-electron chi connectivity index (χ1n) is 5.37. The maximum atomic E-state index is 11.4. The normalized spacial score (nSPS) is 15.7. The van der Waals surface area contributed by atoms with Crippen LogP contribution in [0.15, 0.2) is 10.9 Å². The summed E-state index contributed by atoms with van der Waals surface area (Å²) in [6, 6.07) is 1.41. The number of rotatable bonds is 2. The lowest BCUT2D eigenvalue weighted by molar-refractivity contribution is -0.114. The van der Waals surface area contributed by atoms with Gasteiger partial charge in [-0.15, -0.1) is 0 Å². The van der Waals surface area contributed by atoms with Crippen molar-refractivity contribution in [3.8, 4) is 0 Å². The van der Waals surface area contributed by atoms with Crippen molar-refractivity contribution >= 4 is 17.7 Å². The lowest BCUT2D eigenvalue weighted by Crippen LogP contribution is -2.37. The van der Waals surface area contributed by atoms with Crippen molar-refractivity contribution in [3.05, 3.63) is 16.4 Å². The second-order valence-electron chi connectivity index (χ2n) is 3.73. The number of amides is 1. The van der Waals surface area contributed by atoms with E-state index in [4.69, 9.17) is 4.74 Å². The van der Waals surface area contributed by atoms with Crippen molar-refractivity contribution in [2.45, 2.75) is 6.92 Å². The Morgan fingerprint density at radius 3 is 2.88 bits per heavy atom. The molecule has 7 heteroatoms. The number of carbonyl (C=O) groups is 1. The minimum absolute atomic E-state index is 0.173. The molecular formula is C10H14N4O3. The Kier molecular flexibility index (Phi) is 3.38. The Balaban J connectivity index is 2.24. The molecular weight excluding hydrogens is 224 g/mol. The van der Waals surface area contributed by atoms with Crippen LogP contribution in [-0.4, -0.2) is 42.2 Å². The Labute approximate surface area is 97.8 Å². The van der Waals surface area contributed by atoms with Crippen LogP contribution in [0.2, 0.25) is 0 Å². The molecule has 1 fully saturated rings. The van der Waals surface area contributed by atoms with Crippen LogP contribution in [0.25, 0.3) is 0 Å². The summed E-state index contributed by atoms with van der Waals surface area (Å²) in [4.78, 5) is 30.9. The molecule has 0 spiro atoms. The average Bonchev–Trinajstić information content (AvgIpc) is 2.28. The van der Waals surface area contributed by atoms with Gasteiger partial charge in [0.15, 0.2) is 0 Å². The van der Waals surface area contributed by atoms with Gasteiger partial charge in [-0.05, 0) is 0 Å². The third-order valence-corrected chi connectivity index (χ3v) is 2.36. The second-order valence-corrected chi connectivity index (χ2v) is 3.73. The van der Waals surface area contributed by atoms with Crippen molar-refractivity contribution < 1.29 is 9.53 Å². The van der Waals surface area contributed by atoms with E-state index in [0.29, 0.717) is 32.1 Å². The van der Waals surface area contributed by atoms with Gasteiger partial charge < -0.3 is 9.64 Å². The van der Waals surface area contributed by atoms with E-state index in [0.717, 1.165) is 0 Å². The van der Waals surface area contributed by atoms with Crippen molar-refractivity contribution in [3.63, 3.8) is 0 Å². The van der Waals surface area contributed by atoms with Crippen LogP contribution in [0.4, 0.5) is 11.8 Å². The SMILES string of the molecule is CC(=O)Nc1nc(N2CCOCC2)cc(=O)[nH]1. The number of nitrogens with one attached hydrogen (secondary N) is 2. The van der Waals surface area contributed by atoms with Gasteiger partial charge in [-0.25, -0.2) is 0 Å². The highest BCUT2D eigenvalue weighted by atomic mass is 16.5. The van der Waals surface area contributed by atoms with Gasteiger partial charge in [0.25, 0.3) is 5.56 Å². The number of ether oxygens (including phenoxy) is 1. The van der Waals surface area contributed by atoms with Crippen LogP contribution in [-0.2, 0) is 9.53 Å². The average molecular weight is 238 g/mol. The molecule has 0 bridgehead atoms. The number of carbonyl (C=O) groups excluding carboxylic acids is 1. The number of morpholine rings is 1. The van der Waals surface area contributed by atoms with E-state index in [-0.39, 0.29) is 17.4 Å². The first-order chi connectivity index (χ1) is 8.15. The molecule has 1 aromatic rings. The zero-order valence-electron chi connectivity index (χ0n) is 9.52. The molecule has 0 atom stereocenters. The topological polar surface area (TPSA) is 87.3 Å². The monoisotopic (exact) mass is 238 g/mol. The van der Waals surface area contributed by atoms with Gasteiger partial charge in [0.1, 0.15) is 5.82 Å². The third kappa shape index (κ3) is 3.04. The van der Waals surface area contributed by atoms with Gasteiger partial charge in [0, 0.05) is 26.1 Å². The number of hydrogen-bond donors (Lipinski definition) is 2. The molecule has 2 heterocycles. The minimum Gasteiger partial charge on any atom is -0.378 e. The van der Waals surface area contributed by atoms with Crippen LogP contribution in [0.1, 0.15) is 6.92 Å². The van der Waals surface area contributed by atoms with Gasteiger partial charge in [0.2, 0.25) is 11.9 Å². The largest absolute Gasteiger partial charge is 0.378 e. The molecule has 2 N–H and O–H groups in total. The minimum atomic E-state index is -0.287. The molecule has 0 aliphatic carbocycles. The van der Waals surface area contributed by atoms with E-state index in [1.807, 2.05) is 4.90 Å². The lowest BCUT2D eigenvalue weighted by atomic mass is 10.4. The highest BCUT2D eigenvalue weighted by Crippen LogP contribution is 2.11. The van der Waals surface area contributed by atoms with Gasteiger partial charge in [-0.3, -0.25) is 19.9 Å². The van der Waals surface area contributed by atoms with Crippen molar-refractivity contribution in [2.75, 3.05) is 36.5 Å². The molecule has 0 radical (unpaired) electrons. The summed E-state index contributed by atoms with van der Waals surface area (Å²) >= 11 is 0.